The summed E-state index contributed by atoms with van der Waals surface area (Å²) in [5.74, 6) is 3.30. The second-order valence-electron chi connectivity index (χ2n) is 8.10. The zero-order valence-corrected chi connectivity index (χ0v) is 13.7. The van der Waals surface area contributed by atoms with Crippen molar-refractivity contribution in [3.63, 3.8) is 0 Å². The first kappa shape index (κ1) is 14.3. The van der Waals surface area contributed by atoms with Gasteiger partial charge in [0.2, 0.25) is 5.91 Å². The maximum Gasteiger partial charge on any atom is 0.230 e. The van der Waals surface area contributed by atoms with Crippen molar-refractivity contribution >= 4 is 11.6 Å². The fourth-order valence-electron chi connectivity index (χ4n) is 5.76. The molecular formula is C20H22N2O2. The number of rotatable bonds is 3. The SMILES string of the molecule is O=C(Nc1cccc(-c2cnco2)c1)C12CC3CC(CC(C3)C1)C2. The van der Waals surface area contributed by atoms with E-state index in [9.17, 15) is 4.79 Å². The average molecular weight is 322 g/mol. The Morgan fingerprint density at radius 3 is 2.46 bits per heavy atom. The molecule has 4 bridgehead atoms. The van der Waals surface area contributed by atoms with E-state index < -0.39 is 0 Å². The molecule has 24 heavy (non-hydrogen) atoms. The lowest BCUT2D eigenvalue weighted by Crippen LogP contribution is -2.51. The van der Waals surface area contributed by atoms with Crippen molar-refractivity contribution in [2.24, 2.45) is 23.2 Å². The molecule has 0 aliphatic heterocycles. The van der Waals surface area contributed by atoms with Crippen LogP contribution in [0.1, 0.15) is 38.5 Å². The number of nitrogens with one attached hydrogen (secondary N) is 1. The zero-order chi connectivity index (χ0) is 16.1. The summed E-state index contributed by atoms with van der Waals surface area (Å²) in [5.41, 5.74) is 1.68. The maximum absolute atomic E-state index is 13.1. The molecule has 0 atom stereocenters. The number of anilines is 1. The Balaban J connectivity index is 1.38. The number of nitrogens with zero attached hydrogens (tertiary/aromatic N) is 1. The minimum atomic E-state index is -0.114. The normalized spacial score (nSPS) is 33.6. The van der Waals surface area contributed by atoms with E-state index in [4.69, 9.17) is 4.42 Å². The molecule has 6 rings (SSSR count). The van der Waals surface area contributed by atoms with Crippen LogP contribution in [0.5, 0.6) is 0 Å². The first-order valence-electron chi connectivity index (χ1n) is 9.01. The van der Waals surface area contributed by atoms with Gasteiger partial charge in [-0.3, -0.25) is 4.79 Å². The van der Waals surface area contributed by atoms with Gasteiger partial charge in [0.05, 0.1) is 11.6 Å². The van der Waals surface area contributed by atoms with Gasteiger partial charge >= 0.3 is 0 Å². The number of amides is 1. The third-order valence-electron chi connectivity index (χ3n) is 6.36. The third kappa shape index (κ3) is 2.27. The first-order valence-corrected chi connectivity index (χ1v) is 9.01. The largest absolute Gasteiger partial charge is 0.444 e. The van der Waals surface area contributed by atoms with Crippen molar-refractivity contribution < 1.29 is 9.21 Å². The topological polar surface area (TPSA) is 55.1 Å². The van der Waals surface area contributed by atoms with Crippen LogP contribution < -0.4 is 5.32 Å². The lowest BCUT2D eigenvalue weighted by molar-refractivity contribution is -0.140. The van der Waals surface area contributed by atoms with Gasteiger partial charge in [0, 0.05) is 11.3 Å². The molecule has 4 saturated carbocycles. The quantitative estimate of drug-likeness (QED) is 0.905. The molecule has 4 nitrogen and oxygen atoms in total. The molecule has 1 N–H and O–H groups in total. The molecule has 124 valence electrons. The number of carbonyl (C=O) groups excluding carboxylic acids is 1. The Morgan fingerprint density at radius 2 is 1.83 bits per heavy atom. The Bertz CT molecular complexity index is 730. The predicted molar refractivity (Wildman–Crippen MR) is 91.2 cm³/mol. The second-order valence-corrected chi connectivity index (χ2v) is 8.10. The minimum Gasteiger partial charge on any atom is -0.444 e. The van der Waals surface area contributed by atoms with E-state index in [2.05, 4.69) is 10.3 Å². The molecule has 1 aromatic carbocycles. The maximum atomic E-state index is 13.1. The van der Waals surface area contributed by atoms with Crippen LogP contribution in [0.4, 0.5) is 5.69 Å². The molecular weight excluding hydrogens is 300 g/mol. The van der Waals surface area contributed by atoms with Crippen LogP contribution in [-0.2, 0) is 4.79 Å². The van der Waals surface area contributed by atoms with Crippen LogP contribution >= 0.6 is 0 Å². The van der Waals surface area contributed by atoms with Crippen LogP contribution in [0.2, 0.25) is 0 Å². The average Bonchev–Trinajstić information content (AvgIpc) is 3.08. The summed E-state index contributed by atoms with van der Waals surface area (Å²) in [4.78, 5) is 17.1. The fraction of sp³-hybridized carbons (Fsp3) is 0.500. The van der Waals surface area contributed by atoms with Crippen molar-refractivity contribution in [3.8, 4) is 11.3 Å². The van der Waals surface area contributed by atoms with Crippen molar-refractivity contribution in [2.45, 2.75) is 38.5 Å². The smallest absolute Gasteiger partial charge is 0.230 e. The zero-order valence-electron chi connectivity index (χ0n) is 13.7. The number of carbonyl (C=O) groups is 1. The summed E-state index contributed by atoms with van der Waals surface area (Å²) in [6.45, 7) is 0. The molecule has 4 heteroatoms. The van der Waals surface area contributed by atoms with Gasteiger partial charge in [-0.25, -0.2) is 4.98 Å². The van der Waals surface area contributed by atoms with Gasteiger partial charge in [-0.2, -0.15) is 0 Å². The minimum absolute atomic E-state index is 0.114. The van der Waals surface area contributed by atoms with Crippen molar-refractivity contribution in [1.82, 2.24) is 4.98 Å². The Hall–Kier alpha value is -2.10. The molecule has 4 aliphatic carbocycles. The van der Waals surface area contributed by atoms with Crippen LogP contribution in [-0.4, -0.2) is 10.9 Å². The highest BCUT2D eigenvalue weighted by atomic mass is 16.3. The summed E-state index contributed by atoms with van der Waals surface area (Å²) < 4.78 is 5.36. The highest BCUT2D eigenvalue weighted by Crippen LogP contribution is 2.60. The second kappa shape index (κ2) is 5.20. The van der Waals surface area contributed by atoms with E-state index in [-0.39, 0.29) is 11.3 Å². The van der Waals surface area contributed by atoms with Gasteiger partial charge in [0.1, 0.15) is 0 Å². The van der Waals surface area contributed by atoms with Gasteiger partial charge in [-0.1, -0.05) is 12.1 Å². The molecule has 1 amide bonds. The number of hydrogen-bond donors (Lipinski definition) is 1. The monoisotopic (exact) mass is 322 g/mol. The summed E-state index contributed by atoms with van der Waals surface area (Å²) in [7, 11) is 0. The van der Waals surface area contributed by atoms with Crippen LogP contribution in [0, 0.1) is 23.2 Å². The Kier molecular flexibility index (Phi) is 3.09. The predicted octanol–water partition coefficient (Wildman–Crippen LogP) is 4.50. The van der Waals surface area contributed by atoms with E-state index in [1.165, 1.54) is 25.7 Å². The van der Waals surface area contributed by atoms with Gasteiger partial charge in [0.15, 0.2) is 12.2 Å². The number of hydrogen-bond acceptors (Lipinski definition) is 3. The fourth-order valence-corrected chi connectivity index (χ4v) is 5.76. The first-order chi connectivity index (χ1) is 11.7. The molecule has 0 saturated heterocycles. The molecule has 0 unspecified atom stereocenters. The highest BCUT2D eigenvalue weighted by Gasteiger charge is 2.54. The summed E-state index contributed by atoms with van der Waals surface area (Å²) >= 11 is 0. The number of aromatic nitrogens is 1. The lowest BCUT2D eigenvalue weighted by Gasteiger charge is -2.55. The van der Waals surface area contributed by atoms with Crippen LogP contribution in [0.25, 0.3) is 11.3 Å². The van der Waals surface area contributed by atoms with Crippen molar-refractivity contribution in [1.29, 1.82) is 0 Å². The standard InChI is InChI=1S/C20H22N2O2/c23-19(20-8-13-4-14(9-20)6-15(5-13)10-20)22-17-3-1-2-16(7-17)18-11-21-12-24-18/h1-3,7,11-15H,4-6,8-10H2,(H,22,23). The van der Waals surface area contributed by atoms with E-state index >= 15 is 0 Å². The molecule has 4 fully saturated rings. The highest BCUT2D eigenvalue weighted by molar-refractivity contribution is 5.96. The lowest BCUT2D eigenvalue weighted by atomic mass is 9.49. The van der Waals surface area contributed by atoms with Gasteiger partial charge in [0.25, 0.3) is 0 Å². The van der Waals surface area contributed by atoms with Gasteiger partial charge < -0.3 is 9.73 Å². The number of oxazole rings is 1. The van der Waals surface area contributed by atoms with Crippen molar-refractivity contribution in [2.75, 3.05) is 5.32 Å². The van der Waals surface area contributed by atoms with Crippen LogP contribution in [0.15, 0.2) is 41.3 Å². The summed E-state index contributed by atoms with van der Waals surface area (Å²) in [6, 6.07) is 7.85. The van der Waals surface area contributed by atoms with E-state index in [0.29, 0.717) is 0 Å². The summed E-state index contributed by atoms with van der Waals surface area (Å²) in [6.07, 6.45) is 10.5. The molecule has 1 heterocycles. The molecule has 4 aliphatic rings. The number of benzene rings is 1. The van der Waals surface area contributed by atoms with E-state index in [1.807, 2.05) is 24.3 Å². The van der Waals surface area contributed by atoms with Gasteiger partial charge in [-0.05, 0) is 68.4 Å². The van der Waals surface area contributed by atoms with Crippen molar-refractivity contribution in [3.05, 3.63) is 36.9 Å². The molecule has 0 radical (unpaired) electrons. The van der Waals surface area contributed by atoms with E-state index in [0.717, 1.165) is 54.0 Å². The van der Waals surface area contributed by atoms with E-state index in [1.54, 1.807) is 6.20 Å². The summed E-state index contributed by atoms with van der Waals surface area (Å²) in [5, 5.41) is 3.20. The Morgan fingerprint density at radius 1 is 1.12 bits per heavy atom. The molecule has 1 aromatic heterocycles. The molecule has 0 spiro atoms. The Labute approximate surface area is 141 Å². The van der Waals surface area contributed by atoms with Gasteiger partial charge in [-0.15, -0.1) is 0 Å². The molecule has 2 aromatic rings. The van der Waals surface area contributed by atoms with Crippen LogP contribution in [0.3, 0.4) is 0 Å². The third-order valence-corrected chi connectivity index (χ3v) is 6.36.